The van der Waals surface area contributed by atoms with Crippen molar-refractivity contribution in [2.45, 2.75) is 46.2 Å². The Balaban J connectivity index is 2.15. The third-order valence-electron chi connectivity index (χ3n) is 4.82. The number of carbonyl (C=O) groups is 2. The van der Waals surface area contributed by atoms with E-state index in [-0.39, 0.29) is 18.4 Å². The van der Waals surface area contributed by atoms with Crippen LogP contribution < -0.4 is 10.1 Å². The second-order valence-electron chi connectivity index (χ2n) is 7.43. The van der Waals surface area contributed by atoms with Gasteiger partial charge in [-0.25, -0.2) is 0 Å². The van der Waals surface area contributed by atoms with Crippen molar-refractivity contribution >= 4 is 27.7 Å². The highest BCUT2D eigenvalue weighted by atomic mass is 79.9. The minimum atomic E-state index is -0.608. The summed E-state index contributed by atoms with van der Waals surface area (Å²) in [5.74, 6) is 0.543. The van der Waals surface area contributed by atoms with Gasteiger partial charge in [0.05, 0.1) is 4.47 Å². The van der Waals surface area contributed by atoms with Crippen LogP contribution in [0.25, 0.3) is 0 Å². The molecule has 0 bridgehead atoms. The van der Waals surface area contributed by atoms with Crippen LogP contribution in [0.2, 0.25) is 0 Å². The first kappa shape index (κ1) is 22.9. The van der Waals surface area contributed by atoms with Crippen LogP contribution >= 0.6 is 15.9 Å². The number of amides is 2. The Morgan fingerprint density at radius 1 is 1.14 bits per heavy atom. The fraction of sp³-hybridized carbons (Fsp3) is 0.391. The van der Waals surface area contributed by atoms with Crippen molar-refractivity contribution in [1.29, 1.82) is 0 Å². The number of likely N-dealkylation sites (N-methyl/N-ethyl adjacent to an activating group) is 1. The maximum Gasteiger partial charge on any atom is 0.261 e. The molecule has 0 saturated carbocycles. The molecule has 1 N–H and O–H groups in total. The molecule has 1 unspecified atom stereocenters. The zero-order valence-corrected chi connectivity index (χ0v) is 19.2. The van der Waals surface area contributed by atoms with Crippen LogP contribution in [0.3, 0.4) is 0 Å². The van der Waals surface area contributed by atoms with Gasteiger partial charge in [0.25, 0.3) is 5.91 Å². The lowest BCUT2D eigenvalue weighted by Gasteiger charge is -2.28. The number of aryl methyl sites for hydroxylation is 1. The molecule has 0 radical (unpaired) electrons. The van der Waals surface area contributed by atoms with Crippen molar-refractivity contribution in [2.75, 3.05) is 13.7 Å². The van der Waals surface area contributed by atoms with Gasteiger partial charge in [-0.2, -0.15) is 0 Å². The Labute approximate surface area is 181 Å². The fourth-order valence-electron chi connectivity index (χ4n) is 3.01. The molecule has 0 heterocycles. The van der Waals surface area contributed by atoms with Gasteiger partial charge in [-0.05, 0) is 59.0 Å². The van der Waals surface area contributed by atoms with E-state index < -0.39 is 6.04 Å². The second kappa shape index (κ2) is 10.4. The van der Waals surface area contributed by atoms with Crippen molar-refractivity contribution < 1.29 is 14.3 Å². The number of halogens is 1. The maximum absolute atomic E-state index is 13.0. The number of rotatable bonds is 8. The lowest BCUT2D eigenvalue weighted by Crippen LogP contribution is -2.48. The van der Waals surface area contributed by atoms with Crippen LogP contribution in [-0.4, -0.2) is 36.4 Å². The van der Waals surface area contributed by atoms with E-state index in [0.717, 1.165) is 15.6 Å². The quantitative estimate of drug-likeness (QED) is 0.633. The summed E-state index contributed by atoms with van der Waals surface area (Å²) in [6.45, 7) is 8.15. The maximum atomic E-state index is 13.0. The minimum Gasteiger partial charge on any atom is -0.483 e. The monoisotopic (exact) mass is 460 g/mol. The zero-order valence-electron chi connectivity index (χ0n) is 17.7. The Morgan fingerprint density at radius 3 is 2.45 bits per heavy atom. The molecule has 2 rings (SSSR count). The van der Waals surface area contributed by atoms with Gasteiger partial charge in [0.1, 0.15) is 11.8 Å². The van der Waals surface area contributed by atoms with Crippen molar-refractivity contribution in [1.82, 2.24) is 10.2 Å². The molecule has 0 aliphatic rings. The van der Waals surface area contributed by atoms with Gasteiger partial charge in [-0.1, -0.05) is 49.7 Å². The van der Waals surface area contributed by atoms with Gasteiger partial charge in [-0.15, -0.1) is 0 Å². The van der Waals surface area contributed by atoms with Crippen LogP contribution in [0.15, 0.2) is 46.9 Å². The molecular weight excluding hydrogens is 432 g/mol. The van der Waals surface area contributed by atoms with E-state index in [2.05, 4.69) is 35.1 Å². The van der Waals surface area contributed by atoms with Crippen LogP contribution in [0.5, 0.6) is 5.75 Å². The summed E-state index contributed by atoms with van der Waals surface area (Å²) < 4.78 is 6.58. The first-order valence-electron chi connectivity index (χ1n) is 9.71. The van der Waals surface area contributed by atoms with Crippen molar-refractivity contribution in [3.8, 4) is 5.75 Å². The summed E-state index contributed by atoms with van der Waals surface area (Å²) >= 11 is 3.51. The summed E-state index contributed by atoms with van der Waals surface area (Å²) in [5.41, 5.74) is 3.26. The Kier molecular flexibility index (Phi) is 8.26. The molecule has 2 aromatic rings. The second-order valence-corrected chi connectivity index (χ2v) is 8.29. The molecular formula is C23H29BrN2O3. The van der Waals surface area contributed by atoms with Gasteiger partial charge in [0.15, 0.2) is 6.61 Å². The molecule has 0 saturated heterocycles. The van der Waals surface area contributed by atoms with Crippen molar-refractivity contribution in [3.63, 3.8) is 0 Å². The predicted octanol–water partition coefficient (Wildman–Crippen LogP) is 4.42. The Morgan fingerprint density at radius 2 is 1.86 bits per heavy atom. The number of nitrogens with zero attached hydrogens (tertiary/aromatic N) is 1. The van der Waals surface area contributed by atoms with Crippen LogP contribution in [0.1, 0.15) is 43.4 Å². The normalized spacial score (nSPS) is 11.8. The topological polar surface area (TPSA) is 58.6 Å². The first-order chi connectivity index (χ1) is 13.7. The van der Waals surface area contributed by atoms with Gasteiger partial charge in [-0.3, -0.25) is 9.59 Å². The zero-order chi connectivity index (χ0) is 21.6. The summed E-state index contributed by atoms with van der Waals surface area (Å²) in [6, 6.07) is 13.2. The molecule has 1 atom stereocenters. The van der Waals surface area contributed by atoms with E-state index in [1.807, 2.05) is 49.4 Å². The number of hydrogen-bond donors (Lipinski definition) is 1. The molecule has 0 aliphatic heterocycles. The summed E-state index contributed by atoms with van der Waals surface area (Å²) in [5, 5.41) is 2.62. The number of hydrogen-bond acceptors (Lipinski definition) is 3. The molecule has 0 fully saturated rings. The number of carbonyl (C=O) groups excluding carboxylic acids is 2. The largest absolute Gasteiger partial charge is 0.483 e. The number of nitrogens with one attached hydrogen (secondary N) is 1. The van der Waals surface area contributed by atoms with E-state index in [0.29, 0.717) is 18.2 Å². The Hall–Kier alpha value is -2.34. The lowest BCUT2D eigenvalue weighted by molar-refractivity contribution is -0.142. The number of ether oxygens (including phenoxy) is 1. The third kappa shape index (κ3) is 6.32. The van der Waals surface area contributed by atoms with Crippen LogP contribution in [0.4, 0.5) is 0 Å². The summed E-state index contributed by atoms with van der Waals surface area (Å²) in [7, 11) is 1.57. The fourth-order valence-corrected chi connectivity index (χ4v) is 3.53. The molecule has 156 valence electrons. The first-order valence-corrected chi connectivity index (χ1v) is 10.5. The molecule has 0 aliphatic carbocycles. The van der Waals surface area contributed by atoms with E-state index in [1.165, 1.54) is 5.56 Å². The van der Waals surface area contributed by atoms with Gasteiger partial charge in [0, 0.05) is 13.6 Å². The van der Waals surface area contributed by atoms with Gasteiger partial charge >= 0.3 is 0 Å². The molecule has 2 amide bonds. The predicted molar refractivity (Wildman–Crippen MR) is 119 cm³/mol. The van der Waals surface area contributed by atoms with Crippen molar-refractivity contribution in [3.05, 3.63) is 63.6 Å². The third-order valence-corrected chi connectivity index (χ3v) is 5.44. The van der Waals surface area contributed by atoms with E-state index in [9.17, 15) is 9.59 Å². The van der Waals surface area contributed by atoms with Crippen molar-refractivity contribution in [2.24, 2.45) is 0 Å². The van der Waals surface area contributed by atoms with Gasteiger partial charge in [0.2, 0.25) is 5.91 Å². The summed E-state index contributed by atoms with van der Waals surface area (Å²) in [6.07, 6.45) is 0. The highest BCUT2D eigenvalue weighted by Gasteiger charge is 2.26. The SMILES string of the molecule is CNC(=O)C(C)N(Cc1cccc(C)c1)C(=O)COc1ccc(C(C)C)cc1Br. The molecule has 6 heteroatoms. The molecule has 0 aromatic heterocycles. The standard InChI is InChI=1S/C23H29BrN2O3/c1-15(2)19-9-10-21(20(24)12-19)29-14-22(27)26(17(4)23(28)25-5)13-18-8-6-7-16(3)11-18/h6-12,15,17H,13-14H2,1-5H3,(H,25,28). The molecule has 2 aromatic carbocycles. The Bertz CT molecular complexity index is 867. The van der Waals surface area contributed by atoms with E-state index in [1.54, 1.807) is 18.9 Å². The van der Waals surface area contributed by atoms with Crippen LogP contribution in [-0.2, 0) is 16.1 Å². The van der Waals surface area contributed by atoms with Gasteiger partial charge < -0.3 is 15.0 Å². The lowest BCUT2D eigenvalue weighted by atomic mass is 10.0. The highest BCUT2D eigenvalue weighted by molar-refractivity contribution is 9.10. The average Bonchev–Trinajstić information content (AvgIpc) is 2.69. The van der Waals surface area contributed by atoms with E-state index in [4.69, 9.17) is 4.74 Å². The molecule has 5 nitrogen and oxygen atoms in total. The highest BCUT2D eigenvalue weighted by Crippen LogP contribution is 2.29. The minimum absolute atomic E-state index is 0.146. The smallest absolute Gasteiger partial charge is 0.261 e. The van der Waals surface area contributed by atoms with Crippen LogP contribution in [0, 0.1) is 6.92 Å². The molecule has 29 heavy (non-hydrogen) atoms. The summed E-state index contributed by atoms with van der Waals surface area (Å²) in [4.78, 5) is 26.7. The van der Waals surface area contributed by atoms with E-state index >= 15 is 0 Å². The molecule has 0 spiro atoms. The average molecular weight is 461 g/mol. The number of benzene rings is 2.